The average molecular weight is 327 g/mol. The van der Waals surface area contributed by atoms with Gasteiger partial charge in [-0.15, -0.1) is 0 Å². The van der Waals surface area contributed by atoms with Gasteiger partial charge in [0.15, 0.2) is 11.4 Å². The third-order valence-electron chi connectivity index (χ3n) is 4.93. The summed E-state index contributed by atoms with van der Waals surface area (Å²) in [6.07, 6.45) is 2.15. The number of furan rings is 1. The molecule has 1 aromatic heterocycles. The first-order chi connectivity index (χ1) is 11.5. The average Bonchev–Trinajstić information content (AvgIpc) is 3.16. The number of amides is 1. The van der Waals surface area contributed by atoms with Crippen LogP contribution in [0.5, 0.6) is 0 Å². The van der Waals surface area contributed by atoms with Gasteiger partial charge in [-0.25, -0.2) is 4.39 Å². The van der Waals surface area contributed by atoms with Crippen molar-refractivity contribution in [3.63, 3.8) is 0 Å². The quantitative estimate of drug-likeness (QED) is 0.769. The van der Waals surface area contributed by atoms with E-state index >= 15 is 0 Å². The fourth-order valence-electron chi connectivity index (χ4n) is 3.64. The molecule has 0 spiro atoms. The highest BCUT2D eigenvalue weighted by Gasteiger charge is 2.59. The molecule has 1 aliphatic carbocycles. The van der Waals surface area contributed by atoms with Crippen molar-refractivity contribution in [1.29, 1.82) is 0 Å². The largest absolute Gasteiger partial charge is 0.481 e. The normalized spacial score (nSPS) is 17.0. The highest BCUT2D eigenvalue weighted by atomic mass is 19.1. The van der Waals surface area contributed by atoms with Gasteiger partial charge in [-0.1, -0.05) is 18.2 Å². The zero-order chi connectivity index (χ0) is 17.1. The lowest BCUT2D eigenvalue weighted by atomic mass is 9.80. The topological polar surface area (TPSA) is 93.5 Å². The first-order valence-electron chi connectivity index (χ1n) is 7.57. The lowest BCUT2D eigenvalue weighted by Gasteiger charge is -2.22. The first-order valence-corrected chi connectivity index (χ1v) is 7.57. The van der Waals surface area contributed by atoms with E-state index in [2.05, 4.69) is 0 Å². The molecule has 122 valence electrons. The van der Waals surface area contributed by atoms with Gasteiger partial charge in [-0.05, 0) is 41.3 Å². The van der Waals surface area contributed by atoms with Gasteiger partial charge in [0, 0.05) is 5.39 Å². The second-order valence-electron chi connectivity index (χ2n) is 6.26. The van der Waals surface area contributed by atoms with E-state index in [0.29, 0.717) is 34.6 Å². The van der Waals surface area contributed by atoms with Gasteiger partial charge in [0.05, 0.1) is 17.6 Å². The predicted molar refractivity (Wildman–Crippen MR) is 84.9 cm³/mol. The lowest BCUT2D eigenvalue weighted by Crippen LogP contribution is -2.34. The number of primary amides is 1. The predicted octanol–water partition coefficient (Wildman–Crippen LogP) is 3.16. The zero-order valence-corrected chi connectivity index (χ0v) is 12.6. The molecule has 1 saturated carbocycles. The maximum atomic E-state index is 14.1. The van der Waals surface area contributed by atoms with Gasteiger partial charge >= 0.3 is 5.97 Å². The van der Waals surface area contributed by atoms with Crippen LogP contribution in [0.4, 0.5) is 4.39 Å². The highest BCUT2D eigenvalue weighted by molar-refractivity contribution is 6.10. The number of nitrogens with two attached hydrogens (primary N) is 1. The van der Waals surface area contributed by atoms with E-state index in [1.807, 2.05) is 0 Å². The van der Waals surface area contributed by atoms with Crippen molar-refractivity contribution in [2.45, 2.75) is 18.8 Å². The maximum absolute atomic E-state index is 14.1. The Hall–Kier alpha value is -2.89. The van der Waals surface area contributed by atoms with Crippen molar-refractivity contribution in [1.82, 2.24) is 0 Å². The number of hydrogen-bond acceptors (Lipinski definition) is 3. The Morgan fingerprint density at radius 3 is 2.67 bits per heavy atom. The Labute approximate surface area is 135 Å². The van der Waals surface area contributed by atoms with Crippen molar-refractivity contribution in [2.75, 3.05) is 0 Å². The summed E-state index contributed by atoms with van der Waals surface area (Å²) in [7, 11) is 0. The van der Waals surface area contributed by atoms with Crippen LogP contribution in [0.3, 0.4) is 0 Å². The minimum Gasteiger partial charge on any atom is -0.481 e. The third kappa shape index (κ3) is 1.86. The van der Waals surface area contributed by atoms with Crippen LogP contribution < -0.4 is 5.73 Å². The van der Waals surface area contributed by atoms with Crippen molar-refractivity contribution in [3.05, 3.63) is 48.0 Å². The van der Waals surface area contributed by atoms with Crippen LogP contribution in [-0.4, -0.2) is 17.0 Å². The molecule has 2 aromatic carbocycles. The molecule has 1 unspecified atom stereocenters. The molecular formula is C18H14FNO4. The second-order valence-corrected chi connectivity index (χ2v) is 6.26. The molecule has 1 atom stereocenters. The summed E-state index contributed by atoms with van der Waals surface area (Å²) in [4.78, 5) is 23.9. The number of carbonyl (C=O) groups excluding carboxylic acids is 1. The molecule has 3 N–H and O–H groups in total. The van der Waals surface area contributed by atoms with Crippen LogP contribution in [0.2, 0.25) is 0 Å². The van der Waals surface area contributed by atoms with Crippen molar-refractivity contribution >= 4 is 33.6 Å². The van der Waals surface area contributed by atoms with Gasteiger partial charge in [0.2, 0.25) is 5.91 Å². The maximum Gasteiger partial charge on any atom is 0.310 e. The number of benzene rings is 2. The fraction of sp³-hybridized carbons (Fsp3) is 0.222. The van der Waals surface area contributed by atoms with E-state index in [1.165, 1.54) is 12.3 Å². The van der Waals surface area contributed by atoms with Crippen LogP contribution in [0, 0.1) is 11.2 Å². The summed E-state index contributed by atoms with van der Waals surface area (Å²) in [5.74, 6) is -3.20. The summed E-state index contributed by atoms with van der Waals surface area (Å²) in [6, 6.07) is 8.01. The summed E-state index contributed by atoms with van der Waals surface area (Å²) < 4.78 is 19.3. The summed E-state index contributed by atoms with van der Waals surface area (Å²) in [5.41, 5.74) is 4.98. The van der Waals surface area contributed by atoms with Crippen LogP contribution in [0.25, 0.3) is 21.7 Å². The van der Waals surface area contributed by atoms with E-state index in [4.69, 9.17) is 10.2 Å². The molecule has 0 aliphatic heterocycles. The van der Waals surface area contributed by atoms with Gasteiger partial charge in [-0.3, -0.25) is 9.59 Å². The molecule has 24 heavy (non-hydrogen) atoms. The Morgan fingerprint density at radius 1 is 1.29 bits per heavy atom. The molecule has 5 nitrogen and oxygen atoms in total. The number of carboxylic acid groups (broad SMARTS) is 1. The summed E-state index contributed by atoms with van der Waals surface area (Å²) >= 11 is 0. The molecular weight excluding hydrogens is 313 g/mol. The van der Waals surface area contributed by atoms with Crippen LogP contribution in [0.1, 0.15) is 24.3 Å². The van der Waals surface area contributed by atoms with E-state index in [0.717, 1.165) is 0 Å². The van der Waals surface area contributed by atoms with Crippen molar-refractivity contribution < 1.29 is 23.5 Å². The SMILES string of the molecule is NC(=O)C(c1cccc2cc(F)c3occc3c12)C1(C(=O)O)CC1. The molecule has 1 heterocycles. The second kappa shape index (κ2) is 4.80. The van der Waals surface area contributed by atoms with Gasteiger partial charge < -0.3 is 15.3 Å². The molecule has 1 aliphatic rings. The molecule has 0 saturated heterocycles. The molecule has 1 fully saturated rings. The molecule has 6 heteroatoms. The summed E-state index contributed by atoms with van der Waals surface area (Å²) in [5, 5.41) is 11.3. The number of aliphatic carboxylic acids is 1. The fourth-order valence-corrected chi connectivity index (χ4v) is 3.64. The molecule has 0 radical (unpaired) electrons. The number of rotatable bonds is 4. The Kier molecular flexibility index (Phi) is 2.94. The number of fused-ring (bicyclic) bond motifs is 3. The summed E-state index contributed by atoms with van der Waals surface area (Å²) in [6.45, 7) is 0. The number of carbonyl (C=O) groups is 2. The van der Waals surface area contributed by atoms with E-state index in [-0.39, 0.29) is 5.58 Å². The Bertz CT molecular complexity index is 1000. The molecule has 1 amide bonds. The zero-order valence-electron chi connectivity index (χ0n) is 12.6. The van der Waals surface area contributed by atoms with Gasteiger partial charge in [0.1, 0.15) is 0 Å². The van der Waals surface area contributed by atoms with Crippen LogP contribution in [-0.2, 0) is 9.59 Å². The third-order valence-corrected chi connectivity index (χ3v) is 4.93. The van der Waals surface area contributed by atoms with E-state index in [1.54, 1.807) is 24.3 Å². The van der Waals surface area contributed by atoms with Gasteiger partial charge in [0.25, 0.3) is 0 Å². The van der Waals surface area contributed by atoms with Crippen molar-refractivity contribution in [2.24, 2.45) is 11.1 Å². The van der Waals surface area contributed by atoms with Crippen molar-refractivity contribution in [3.8, 4) is 0 Å². The smallest absolute Gasteiger partial charge is 0.310 e. The number of hydrogen-bond donors (Lipinski definition) is 2. The standard InChI is InChI=1S/C18H14FNO4/c19-12-8-9-2-1-3-10(13(9)11-4-7-24-15(11)12)14(16(20)21)18(5-6-18)17(22)23/h1-4,7-8,14H,5-6H2,(H2,20,21)(H,22,23). The highest BCUT2D eigenvalue weighted by Crippen LogP contribution is 2.57. The van der Waals surface area contributed by atoms with Crippen LogP contribution >= 0.6 is 0 Å². The molecule has 3 aromatic rings. The minimum absolute atomic E-state index is 0.0818. The monoisotopic (exact) mass is 327 g/mol. The van der Waals surface area contributed by atoms with E-state index < -0.39 is 29.0 Å². The minimum atomic E-state index is -1.18. The molecule has 4 rings (SSSR count). The first kappa shape index (κ1) is 14.7. The van der Waals surface area contributed by atoms with E-state index in [9.17, 15) is 19.1 Å². The number of carboxylic acids is 1. The molecule has 0 bridgehead atoms. The van der Waals surface area contributed by atoms with Crippen LogP contribution in [0.15, 0.2) is 41.0 Å². The number of halogens is 1. The Morgan fingerprint density at radius 2 is 2.04 bits per heavy atom. The lowest BCUT2D eigenvalue weighted by molar-refractivity contribution is -0.146. The Balaban J connectivity index is 2.08. The van der Waals surface area contributed by atoms with Gasteiger partial charge in [-0.2, -0.15) is 0 Å².